The number of hydrogen-bond donors (Lipinski definition) is 1. The molecule has 2 aromatic rings. The summed E-state index contributed by atoms with van der Waals surface area (Å²) < 4.78 is 0. The van der Waals surface area contributed by atoms with Crippen LogP contribution in [0.15, 0.2) is 48.5 Å². The molecule has 0 bridgehead atoms. The molecule has 0 saturated carbocycles. The van der Waals surface area contributed by atoms with Crippen molar-refractivity contribution in [3.8, 4) is 0 Å². The Morgan fingerprint density at radius 3 is 1.63 bits per heavy atom. The van der Waals surface area contributed by atoms with Crippen molar-refractivity contribution in [2.24, 2.45) is 0 Å². The zero-order chi connectivity index (χ0) is 13.9. The highest BCUT2D eigenvalue weighted by Crippen LogP contribution is 2.39. The van der Waals surface area contributed by atoms with Crippen LogP contribution in [0.2, 0.25) is 0 Å². The Morgan fingerprint density at radius 1 is 0.789 bits per heavy atom. The van der Waals surface area contributed by atoms with Gasteiger partial charge >= 0.3 is 0 Å². The van der Waals surface area contributed by atoms with Crippen LogP contribution in [0.3, 0.4) is 0 Å². The van der Waals surface area contributed by atoms with Crippen molar-refractivity contribution in [3.63, 3.8) is 0 Å². The zero-order valence-electron chi connectivity index (χ0n) is 12.1. The summed E-state index contributed by atoms with van der Waals surface area (Å²) in [6.07, 6.45) is 2.19. The van der Waals surface area contributed by atoms with Gasteiger partial charge in [-0.05, 0) is 43.0 Å². The first kappa shape index (κ1) is 13.7. The first-order chi connectivity index (χ1) is 9.12. The van der Waals surface area contributed by atoms with Crippen LogP contribution in [0, 0.1) is 6.92 Å². The maximum atomic E-state index is 5.81. The Bertz CT molecular complexity index is 471. The molecule has 100 valence electrons. The average molecular weight is 253 g/mol. The van der Waals surface area contributed by atoms with E-state index in [1.165, 1.54) is 16.7 Å². The molecular formula is C18H23N. The predicted octanol–water partition coefficient (Wildman–Crippen LogP) is 4.68. The molecule has 0 spiro atoms. The van der Waals surface area contributed by atoms with Crippen LogP contribution < -0.4 is 5.73 Å². The fourth-order valence-electron chi connectivity index (χ4n) is 2.91. The third kappa shape index (κ3) is 2.51. The van der Waals surface area contributed by atoms with Crippen LogP contribution in [0.1, 0.15) is 43.4 Å². The minimum Gasteiger partial charge on any atom is -0.399 e. The highest BCUT2D eigenvalue weighted by atomic mass is 14.5. The Balaban J connectivity index is 2.53. The highest BCUT2D eigenvalue weighted by Gasteiger charge is 2.30. The van der Waals surface area contributed by atoms with Gasteiger partial charge in [-0.15, -0.1) is 0 Å². The van der Waals surface area contributed by atoms with E-state index in [9.17, 15) is 0 Å². The van der Waals surface area contributed by atoms with Crippen molar-refractivity contribution in [2.45, 2.75) is 39.0 Å². The Morgan fingerprint density at radius 2 is 1.21 bits per heavy atom. The SMILES string of the molecule is CCC(CC)(c1ccc(C)cc1)c1ccc(N)cc1. The fraction of sp³-hybridized carbons (Fsp3) is 0.333. The van der Waals surface area contributed by atoms with Gasteiger partial charge in [0.1, 0.15) is 0 Å². The summed E-state index contributed by atoms with van der Waals surface area (Å²) in [5.41, 5.74) is 10.8. The molecule has 0 radical (unpaired) electrons. The molecule has 0 heterocycles. The number of benzene rings is 2. The molecule has 0 aliphatic carbocycles. The van der Waals surface area contributed by atoms with Gasteiger partial charge in [0.15, 0.2) is 0 Å². The van der Waals surface area contributed by atoms with E-state index in [0.29, 0.717) is 0 Å². The lowest BCUT2D eigenvalue weighted by Gasteiger charge is -2.33. The third-order valence-electron chi connectivity index (χ3n) is 4.27. The summed E-state index contributed by atoms with van der Waals surface area (Å²) >= 11 is 0. The van der Waals surface area contributed by atoms with Crippen molar-refractivity contribution < 1.29 is 0 Å². The standard InChI is InChI=1S/C18H23N/c1-4-18(5-2,15-8-6-14(3)7-9-15)16-10-12-17(19)13-11-16/h6-13H,4-5,19H2,1-3H3. The molecule has 0 amide bonds. The molecule has 2 N–H and O–H groups in total. The number of anilines is 1. The van der Waals surface area contributed by atoms with E-state index in [1.54, 1.807) is 0 Å². The van der Waals surface area contributed by atoms with Crippen LogP contribution in [0.4, 0.5) is 5.69 Å². The molecule has 0 saturated heterocycles. The third-order valence-corrected chi connectivity index (χ3v) is 4.27. The molecule has 0 atom stereocenters. The molecule has 2 aromatic carbocycles. The predicted molar refractivity (Wildman–Crippen MR) is 83.4 cm³/mol. The number of nitrogens with two attached hydrogens (primary N) is 1. The van der Waals surface area contributed by atoms with Gasteiger partial charge in [-0.3, -0.25) is 0 Å². The first-order valence-corrected chi connectivity index (χ1v) is 7.05. The summed E-state index contributed by atoms with van der Waals surface area (Å²) in [5.74, 6) is 0. The van der Waals surface area contributed by atoms with Crippen LogP contribution in [0.5, 0.6) is 0 Å². The van der Waals surface area contributed by atoms with E-state index in [2.05, 4.69) is 57.2 Å². The molecule has 1 heteroatoms. The highest BCUT2D eigenvalue weighted by molar-refractivity contribution is 5.46. The van der Waals surface area contributed by atoms with Gasteiger partial charge in [0.25, 0.3) is 0 Å². The second-order valence-corrected chi connectivity index (χ2v) is 5.28. The molecule has 0 aliphatic heterocycles. The largest absolute Gasteiger partial charge is 0.399 e. The van der Waals surface area contributed by atoms with Crippen LogP contribution >= 0.6 is 0 Å². The van der Waals surface area contributed by atoms with Crippen molar-refractivity contribution >= 4 is 5.69 Å². The lowest BCUT2D eigenvalue weighted by atomic mass is 9.70. The van der Waals surface area contributed by atoms with Crippen molar-refractivity contribution in [2.75, 3.05) is 5.73 Å². The van der Waals surface area contributed by atoms with E-state index >= 15 is 0 Å². The molecule has 1 nitrogen and oxygen atoms in total. The van der Waals surface area contributed by atoms with Gasteiger partial charge in [-0.2, -0.15) is 0 Å². The van der Waals surface area contributed by atoms with Crippen molar-refractivity contribution in [1.82, 2.24) is 0 Å². The number of aryl methyl sites for hydroxylation is 1. The van der Waals surface area contributed by atoms with Crippen LogP contribution in [-0.4, -0.2) is 0 Å². The second kappa shape index (κ2) is 5.48. The lowest BCUT2D eigenvalue weighted by molar-refractivity contribution is 0.478. The number of hydrogen-bond acceptors (Lipinski definition) is 1. The van der Waals surface area contributed by atoms with Gasteiger partial charge in [-0.1, -0.05) is 55.8 Å². The van der Waals surface area contributed by atoms with Crippen molar-refractivity contribution in [3.05, 3.63) is 65.2 Å². The van der Waals surface area contributed by atoms with E-state index in [4.69, 9.17) is 5.73 Å². The van der Waals surface area contributed by atoms with Gasteiger partial charge in [0.05, 0.1) is 0 Å². The zero-order valence-corrected chi connectivity index (χ0v) is 12.1. The summed E-state index contributed by atoms with van der Waals surface area (Å²) in [5, 5.41) is 0. The minimum atomic E-state index is 0.0986. The molecule has 0 unspecified atom stereocenters. The fourth-order valence-corrected chi connectivity index (χ4v) is 2.91. The summed E-state index contributed by atoms with van der Waals surface area (Å²) in [4.78, 5) is 0. The van der Waals surface area contributed by atoms with Crippen LogP contribution in [0.25, 0.3) is 0 Å². The second-order valence-electron chi connectivity index (χ2n) is 5.28. The quantitative estimate of drug-likeness (QED) is 0.786. The molecule has 0 aromatic heterocycles. The Kier molecular flexibility index (Phi) is 3.94. The smallest absolute Gasteiger partial charge is 0.0314 e. The lowest BCUT2D eigenvalue weighted by Crippen LogP contribution is -2.26. The molecular weight excluding hydrogens is 230 g/mol. The molecule has 19 heavy (non-hydrogen) atoms. The Labute approximate surface area is 116 Å². The monoisotopic (exact) mass is 253 g/mol. The van der Waals surface area contributed by atoms with Gasteiger partial charge in [-0.25, -0.2) is 0 Å². The summed E-state index contributed by atoms with van der Waals surface area (Å²) in [6, 6.07) is 17.3. The molecule has 0 fully saturated rings. The summed E-state index contributed by atoms with van der Waals surface area (Å²) in [6.45, 7) is 6.66. The normalized spacial score (nSPS) is 11.5. The van der Waals surface area contributed by atoms with E-state index < -0.39 is 0 Å². The molecule has 2 rings (SSSR count). The minimum absolute atomic E-state index is 0.0986. The number of nitrogen functional groups attached to an aromatic ring is 1. The van der Waals surface area contributed by atoms with Crippen LogP contribution in [-0.2, 0) is 5.41 Å². The van der Waals surface area contributed by atoms with E-state index in [-0.39, 0.29) is 5.41 Å². The van der Waals surface area contributed by atoms with Gasteiger partial charge in [0.2, 0.25) is 0 Å². The average Bonchev–Trinajstić information content (AvgIpc) is 2.44. The summed E-state index contributed by atoms with van der Waals surface area (Å²) in [7, 11) is 0. The topological polar surface area (TPSA) is 26.0 Å². The van der Waals surface area contributed by atoms with Gasteiger partial charge < -0.3 is 5.73 Å². The maximum Gasteiger partial charge on any atom is 0.0314 e. The van der Waals surface area contributed by atoms with Crippen molar-refractivity contribution in [1.29, 1.82) is 0 Å². The Hall–Kier alpha value is -1.76. The maximum absolute atomic E-state index is 5.81. The molecule has 0 aliphatic rings. The van der Waals surface area contributed by atoms with E-state index in [1.807, 2.05) is 12.1 Å². The number of rotatable bonds is 4. The van der Waals surface area contributed by atoms with E-state index in [0.717, 1.165) is 18.5 Å². The first-order valence-electron chi connectivity index (χ1n) is 7.05. The van der Waals surface area contributed by atoms with Gasteiger partial charge in [0, 0.05) is 11.1 Å².